The zero-order valence-corrected chi connectivity index (χ0v) is 13.2. The monoisotopic (exact) mass is 280 g/mol. The van der Waals surface area contributed by atoms with E-state index in [1.165, 1.54) is 17.7 Å². The van der Waals surface area contributed by atoms with Crippen LogP contribution in [0.2, 0.25) is 5.02 Å². The quantitative estimate of drug-likeness (QED) is 0.904. The van der Waals surface area contributed by atoms with Gasteiger partial charge in [-0.25, -0.2) is 0 Å². The minimum absolute atomic E-state index is 0.208. The van der Waals surface area contributed by atoms with Crippen LogP contribution in [-0.4, -0.2) is 25.2 Å². The molecule has 1 unspecified atom stereocenters. The minimum atomic E-state index is 0.208. The molecule has 2 nitrogen and oxygen atoms in total. The zero-order chi connectivity index (χ0) is 14.0. The van der Waals surface area contributed by atoms with Gasteiger partial charge in [-0.2, -0.15) is 0 Å². The van der Waals surface area contributed by atoms with E-state index >= 15 is 0 Å². The van der Waals surface area contributed by atoms with E-state index in [-0.39, 0.29) is 5.54 Å². The first kappa shape index (κ1) is 14.7. The van der Waals surface area contributed by atoms with Gasteiger partial charge in [-0.1, -0.05) is 17.7 Å². The van der Waals surface area contributed by atoms with Crippen LogP contribution in [0.3, 0.4) is 0 Å². The predicted molar refractivity (Wildman–Crippen MR) is 84.3 cm³/mol. The van der Waals surface area contributed by atoms with Crippen LogP contribution in [0, 0.1) is 12.8 Å². The van der Waals surface area contributed by atoms with Gasteiger partial charge < -0.3 is 10.2 Å². The van der Waals surface area contributed by atoms with Gasteiger partial charge in [-0.3, -0.25) is 0 Å². The van der Waals surface area contributed by atoms with E-state index in [1.807, 2.05) is 12.1 Å². The third kappa shape index (κ3) is 3.87. The predicted octanol–water partition coefficient (Wildman–Crippen LogP) is 3.86. The maximum Gasteiger partial charge on any atom is 0.0455 e. The Bertz CT molecular complexity index is 437. The molecule has 0 bridgehead atoms. The summed E-state index contributed by atoms with van der Waals surface area (Å²) in [5.74, 6) is 0.734. The van der Waals surface area contributed by atoms with Crippen molar-refractivity contribution in [1.82, 2.24) is 5.32 Å². The molecule has 0 amide bonds. The van der Waals surface area contributed by atoms with Crippen molar-refractivity contribution in [3.63, 3.8) is 0 Å². The third-order valence-corrected chi connectivity index (χ3v) is 4.20. The van der Waals surface area contributed by atoms with Crippen LogP contribution >= 0.6 is 11.6 Å². The first-order valence-corrected chi connectivity index (χ1v) is 7.50. The van der Waals surface area contributed by atoms with E-state index in [2.05, 4.69) is 44.0 Å². The molecule has 3 heteroatoms. The van der Waals surface area contributed by atoms with Crippen molar-refractivity contribution in [3.05, 3.63) is 28.8 Å². The third-order valence-electron chi connectivity index (χ3n) is 3.79. The van der Waals surface area contributed by atoms with E-state index in [0.29, 0.717) is 0 Å². The Balaban J connectivity index is 1.97. The van der Waals surface area contributed by atoms with Crippen molar-refractivity contribution < 1.29 is 0 Å². The fourth-order valence-corrected chi connectivity index (χ4v) is 2.78. The topological polar surface area (TPSA) is 15.3 Å². The minimum Gasteiger partial charge on any atom is -0.371 e. The van der Waals surface area contributed by atoms with E-state index < -0.39 is 0 Å². The molecule has 106 valence electrons. The molecule has 1 fully saturated rings. The zero-order valence-electron chi connectivity index (χ0n) is 12.5. The number of hydrogen-bond donors (Lipinski definition) is 1. The average molecular weight is 281 g/mol. The summed E-state index contributed by atoms with van der Waals surface area (Å²) in [4.78, 5) is 2.47. The second-order valence-electron chi connectivity index (χ2n) is 6.62. The number of anilines is 1. The average Bonchev–Trinajstić information content (AvgIpc) is 2.78. The summed E-state index contributed by atoms with van der Waals surface area (Å²) in [6.45, 7) is 12.1. The molecule has 1 aromatic carbocycles. The van der Waals surface area contributed by atoms with Gasteiger partial charge in [-0.05, 0) is 57.7 Å². The van der Waals surface area contributed by atoms with Gasteiger partial charge in [0.25, 0.3) is 0 Å². The fourth-order valence-electron chi connectivity index (χ4n) is 2.61. The van der Waals surface area contributed by atoms with Gasteiger partial charge >= 0.3 is 0 Å². The van der Waals surface area contributed by atoms with Crippen LogP contribution < -0.4 is 10.2 Å². The molecule has 0 saturated carbocycles. The number of rotatable bonds is 3. The van der Waals surface area contributed by atoms with Gasteiger partial charge in [0.15, 0.2) is 0 Å². The summed E-state index contributed by atoms with van der Waals surface area (Å²) in [6, 6.07) is 6.20. The summed E-state index contributed by atoms with van der Waals surface area (Å²) in [6.07, 6.45) is 1.26. The van der Waals surface area contributed by atoms with Crippen LogP contribution in [0.25, 0.3) is 0 Å². The Morgan fingerprint density at radius 2 is 2.11 bits per heavy atom. The van der Waals surface area contributed by atoms with Gasteiger partial charge in [0, 0.05) is 35.9 Å². The fraction of sp³-hybridized carbons (Fsp3) is 0.625. The molecule has 0 spiro atoms. The summed E-state index contributed by atoms with van der Waals surface area (Å²) in [7, 11) is 0. The summed E-state index contributed by atoms with van der Waals surface area (Å²) >= 11 is 6.21. The van der Waals surface area contributed by atoms with Gasteiger partial charge in [0.1, 0.15) is 0 Å². The summed E-state index contributed by atoms with van der Waals surface area (Å²) in [5, 5.41) is 4.48. The normalized spacial score (nSPS) is 20.1. The molecule has 0 aromatic heterocycles. The number of hydrogen-bond acceptors (Lipinski definition) is 2. The van der Waals surface area contributed by atoms with E-state index in [4.69, 9.17) is 11.6 Å². The number of benzene rings is 1. The van der Waals surface area contributed by atoms with Crippen LogP contribution in [0.5, 0.6) is 0 Å². The smallest absolute Gasteiger partial charge is 0.0455 e. The standard InChI is InChI=1S/C16H25ClN2/c1-12-14(17)6-5-7-15(12)19-9-8-13(11-19)10-18-16(2,3)4/h5-7,13,18H,8-11H2,1-4H3. The molecule has 0 radical (unpaired) electrons. The maximum atomic E-state index is 6.21. The Labute approximate surface area is 122 Å². The lowest BCUT2D eigenvalue weighted by atomic mass is 10.1. The highest BCUT2D eigenvalue weighted by Crippen LogP contribution is 2.30. The van der Waals surface area contributed by atoms with E-state index in [9.17, 15) is 0 Å². The maximum absolute atomic E-state index is 6.21. The molecule has 1 aromatic rings. The molecule has 19 heavy (non-hydrogen) atoms. The van der Waals surface area contributed by atoms with E-state index in [0.717, 1.165) is 30.6 Å². The Hall–Kier alpha value is -0.730. The SMILES string of the molecule is Cc1c(Cl)cccc1N1CCC(CNC(C)(C)C)C1. The van der Waals surface area contributed by atoms with Crippen LogP contribution in [0.15, 0.2) is 18.2 Å². The molecule has 1 heterocycles. The molecule has 1 aliphatic heterocycles. The van der Waals surface area contributed by atoms with Gasteiger partial charge in [0.2, 0.25) is 0 Å². The Morgan fingerprint density at radius 3 is 2.79 bits per heavy atom. The highest BCUT2D eigenvalue weighted by Gasteiger charge is 2.25. The van der Waals surface area contributed by atoms with Crippen molar-refractivity contribution in [2.45, 2.75) is 39.7 Å². The molecule has 2 rings (SSSR count). The number of nitrogens with zero attached hydrogens (tertiary/aromatic N) is 1. The first-order chi connectivity index (χ1) is 8.87. The summed E-state index contributed by atoms with van der Waals surface area (Å²) < 4.78 is 0. The second-order valence-corrected chi connectivity index (χ2v) is 7.02. The lowest BCUT2D eigenvalue weighted by Crippen LogP contribution is -2.39. The highest BCUT2D eigenvalue weighted by atomic mass is 35.5. The van der Waals surface area contributed by atoms with Crippen LogP contribution in [-0.2, 0) is 0 Å². The van der Waals surface area contributed by atoms with Crippen LogP contribution in [0.1, 0.15) is 32.8 Å². The Kier molecular flexibility index (Phi) is 4.42. The van der Waals surface area contributed by atoms with Gasteiger partial charge in [-0.15, -0.1) is 0 Å². The largest absolute Gasteiger partial charge is 0.371 e. The molecule has 1 saturated heterocycles. The van der Waals surface area contributed by atoms with Crippen molar-refractivity contribution in [2.75, 3.05) is 24.5 Å². The van der Waals surface area contributed by atoms with Crippen LogP contribution in [0.4, 0.5) is 5.69 Å². The van der Waals surface area contributed by atoms with Crippen molar-refractivity contribution in [1.29, 1.82) is 0 Å². The lowest BCUT2D eigenvalue weighted by molar-refractivity contribution is 0.383. The van der Waals surface area contributed by atoms with Crippen molar-refractivity contribution >= 4 is 17.3 Å². The first-order valence-electron chi connectivity index (χ1n) is 7.12. The lowest BCUT2D eigenvalue weighted by Gasteiger charge is -2.24. The molecular weight excluding hydrogens is 256 g/mol. The number of halogens is 1. The highest BCUT2D eigenvalue weighted by molar-refractivity contribution is 6.31. The van der Waals surface area contributed by atoms with E-state index in [1.54, 1.807) is 0 Å². The molecular formula is C16H25ClN2. The van der Waals surface area contributed by atoms with Crippen molar-refractivity contribution in [3.8, 4) is 0 Å². The van der Waals surface area contributed by atoms with Crippen molar-refractivity contribution in [2.24, 2.45) is 5.92 Å². The molecule has 1 aliphatic rings. The van der Waals surface area contributed by atoms with Gasteiger partial charge in [0.05, 0.1) is 0 Å². The Morgan fingerprint density at radius 1 is 1.37 bits per heavy atom. The molecule has 1 atom stereocenters. The molecule has 0 aliphatic carbocycles. The second kappa shape index (κ2) is 5.72. The number of nitrogens with one attached hydrogen (secondary N) is 1. The molecule has 1 N–H and O–H groups in total. The summed E-state index contributed by atoms with van der Waals surface area (Å²) in [5.41, 5.74) is 2.71.